The molecule has 0 saturated heterocycles. The molecule has 86 valence electrons. The van der Waals surface area contributed by atoms with E-state index in [1.807, 2.05) is 24.8 Å². The van der Waals surface area contributed by atoms with Crippen molar-refractivity contribution in [2.45, 2.75) is 19.9 Å². The minimum Gasteiger partial charge on any atom is -0.395 e. The zero-order valence-corrected chi connectivity index (χ0v) is 10.1. The Bertz CT molecular complexity index is 401. The van der Waals surface area contributed by atoms with Crippen LogP contribution in [0.4, 0.5) is 5.82 Å². The smallest absolute Gasteiger partial charge is 0.132 e. The van der Waals surface area contributed by atoms with E-state index in [4.69, 9.17) is 22.0 Å². The molecule has 0 unspecified atom stereocenters. The Kier molecular flexibility index (Phi) is 4.53. The van der Waals surface area contributed by atoms with Crippen molar-refractivity contribution >= 4 is 17.4 Å². The number of pyridine rings is 1. The second kappa shape index (κ2) is 5.69. The van der Waals surface area contributed by atoms with Crippen LogP contribution >= 0.6 is 11.6 Å². The molecule has 4 nitrogen and oxygen atoms in total. The molecular weight excluding hydrogens is 226 g/mol. The van der Waals surface area contributed by atoms with Gasteiger partial charge >= 0.3 is 0 Å². The number of nitrogens with zero attached hydrogens (tertiary/aromatic N) is 3. The van der Waals surface area contributed by atoms with Crippen LogP contribution in [0.2, 0.25) is 5.15 Å². The topological polar surface area (TPSA) is 60.1 Å². The molecule has 0 aliphatic heterocycles. The second-order valence-corrected chi connectivity index (χ2v) is 4.05. The molecule has 1 N–H and O–H groups in total. The summed E-state index contributed by atoms with van der Waals surface area (Å²) in [4.78, 5) is 6.05. The first-order chi connectivity index (χ1) is 7.58. The molecule has 16 heavy (non-hydrogen) atoms. The van der Waals surface area contributed by atoms with E-state index < -0.39 is 0 Å². The zero-order chi connectivity index (χ0) is 12.1. The molecule has 0 spiro atoms. The number of halogens is 1. The van der Waals surface area contributed by atoms with E-state index >= 15 is 0 Å². The summed E-state index contributed by atoms with van der Waals surface area (Å²) in [5, 5.41) is 18.1. The largest absolute Gasteiger partial charge is 0.395 e. The Labute approximate surface area is 100 Å². The molecule has 1 aromatic heterocycles. The van der Waals surface area contributed by atoms with Crippen molar-refractivity contribution < 1.29 is 5.11 Å². The molecule has 0 saturated carbocycles. The predicted molar refractivity (Wildman–Crippen MR) is 63.5 cm³/mol. The molecule has 0 aromatic carbocycles. The highest BCUT2D eigenvalue weighted by Crippen LogP contribution is 2.19. The van der Waals surface area contributed by atoms with Crippen molar-refractivity contribution in [3.05, 3.63) is 22.8 Å². The Morgan fingerprint density at radius 3 is 2.75 bits per heavy atom. The first-order valence-corrected chi connectivity index (χ1v) is 5.41. The number of aliphatic hydroxyl groups is 1. The summed E-state index contributed by atoms with van der Waals surface area (Å²) in [6.07, 6.45) is 0. The molecule has 0 atom stereocenters. The zero-order valence-electron chi connectivity index (χ0n) is 9.31. The maximum Gasteiger partial charge on any atom is 0.132 e. The Balaban J connectivity index is 3.09. The molecule has 0 radical (unpaired) electrons. The van der Waals surface area contributed by atoms with Gasteiger partial charge in [-0.1, -0.05) is 11.6 Å². The third-order valence-electron chi connectivity index (χ3n) is 2.17. The summed E-state index contributed by atoms with van der Waals surface area (Å²) in [5.41, 5.74) is 0.471. The van der Waals surface area contributed by atoms with Gasteiger partial charge in [-0.25, -0.2) is 4.98 Å². The third-order valence-corrected chi connectivity index (χ3v) is 2.36. The summed E-state index contributed by atoms with van der Waals surface area (Å²) in [6, 6.07) is 5.40. The first-order valence-electron chi connectivity index (χ1n) is 5.03. The summed E-state index contributed by atoms with van der Waals surface area (Å²) < 4.78 is 0. The summed E-state index contributed by atoms with van der Waals surface area (Å²) in [5.74, 6) is 0.619. The van der Waals surface area contributed by atoms with E-state index in [0.29, 0.717) is 17.9 Å². The summed E-state index contributed by atoms with van der Waals surface area (Å²) >= 11 is 5.83. The van der Waals surface area contributed by atoms with Crippen molar-refractivity contribution in [1.82, 2.24) is 4.98 Å². The molecule has 0 bridgehead atoms. The lowest BCUT2D eigenvalue weighted by Crippen LogP contribution is -2.34. The summed E-state index contributed by atoms with van der Waals surface area (Å²) in [7, 11) is 0. The van der Waals surface area contributed by atoms with Crippen molar-refractivity contribution in [2.24, 2.45) is 0 Å². The standard InChI is InChI=1S/C11H14ClN3O/c1-8(2)15(3-4-16)11-6-9(7-13)5-10(12)14-11/h5-6,8,16H,3-4H2,1-2H3. The number of aliphatic hydroxyl groups excluding tert-OH is 1. The molecule has 5 heteroatoms. The van der Waals surface area contributed by atoms with Gasteiger partial charge in [-0.2, -0.15) is 5.26 Å². The van der Waals surface area contributed by atoms with Crippen LogP contribution in [0.3, 0.4) is 0 Å². The van der Waals surface area contributed by atoms with Crippen molar-refractivity contribution in [2.75, 3.05) is 18.1 Å². The number of rotatable bonds is 4. The highest BCUT2D eigenvalue weighted by Gasteiger charge is 2.12. The van der Waals surface area contributed by atoms with Gasteiger partial charge in [-0.3, -0.25) is 0 Å². The molecule has 0 amide bonds. The fourth-order valence-electron chi connectivity index (χ4n) is 1.44. The van der Waals surface area contributed by atoms with Gasteiger partial charge in [-0.15, -0.1) is 0 Å². The lowest BCUT2D eigenvalue weighted by molar-refractivity contribution is 0.298. The van der Waals surface area contributed by atoms with Crippen molar-refractivity contribution in [1.29, 1.82) is 5.26 Å². The quantitative estimate of drug-likeness (QED) is 0.815. The van der Waals surface area contributed by atoms with Crippen molar-refractivity contribution in [3.8, 4) is 6.07 Å². The predicted octanol–water partition coefficient (Wildman–Crippen LogP) is 1.81. The average Bonchev–Trinajstić information content (AvgIpc) is 2.24. The fraction of sp³-hybridized carbons (Fsp3) is 0.455. The van der Waals surface area contributed by atoms with Crippen LogP contribution in [-0.2, 0) is 0 Å². The fourth-order valence-corrected chi connectivity index (χ4v) is 1.64. The molecule has 0 aliphatic carbocycles. The normalized spacial score (nSPS) is 10.2. The molecule has 0 fully saturated rings. The Morgan fingerprint density at radius 1 is 1.56 bits per heavy atom. The Morgan fingerprint density at radius 2 is 2.25 bits per heavy atom. The maximum atomic E-state index is 8.98. The van der Waals surface area contributed by atoms with Crippen LogP contribution in [0.1, 0.15) is 19.4 Å². The van der Waals surface area contributed by atoms with Gasteiger partial charge < -0.3 is 10.0 Å². The van der Waals surface area contributed by atoms with Gasteiger partial charge in [0.25, 0.3) is 0 Å². The Hall–Kier alpha value is -1.31. The number of aromatic nitrogens is 1. The number of hydrogen-bond donors (Lipinski definition) is 1. The monoisotopic (exact) mass is 239 g/mol. The first kappa shape index (κ1) is 12.8. The summed E-state index contributed by atoms with van der Waals surface area (Å²) in [6.45, 7) is 4.48. The minimum atomic E-state index is 0.0360. The molecule has 1 aromatic rings. The van der Waals surface area contributed by atoms with Gasteiger partial charge in [-0.05, 0) is 26.0 Å². The molecule has 1 rings (SSSR count). The van der Waals surface area contributed by atoms with E-state index in [1.165, 1.54) is 6.07 Å². The van der Waals surface area contributed by atoms with Crippen LogP contribution in [0.15, 0.2) is 12.1 Å². The van der Waals surface area contributed by atoms with Gasteiger partial charge in [0.1, 0.15) is 11.0 Å². The van der Waals surface area contributed by atoms with Gasteiger partial charge in [0.2, 0.25) is 0 Å². The minimum absolute atomic E-state index is 0.0360. The lowest BCUT2D eigenvalue weighted by atomic mass is 10.2. The van der Waals surface area contributed by atoms with Crippen molar-refractivity contribution in [3.63, 3.8) is 0 Å². The lowest BCUT2D eigenvalue weighted by Gasteiger charge is -2.27. The van der Waals surface area contributed by atoms with E-state index in [-0.39, 0.29) is 17.8 Å². The van der Waals surface area contributed by atoms with Gasteiger partial charge in [0.05, 0.1) is 18.2 Å². The van der Waals surface area contributed by atoms with Gasteiger partial charge in [0.15, 0.2) is 0 Å². The molecular formula is C11H14ClN3O. The SMILES string of the molecule is CC(C)N(CCO)c1cc(C#N)cc(Cl)n1. The second-order valence-electron chi connectivity index (χ2n) is 3.66. The highest BCUT2D eigenvalue weighted by molar-refractivity contribution is 6.29. The van der Waals surface area contributed by atoms with E-state index in [1.54, 1.807) is 6.07 Å². The van der Waals surface area contributed by atoms with Crippen LogP contribution in [-0.4, -0.2) is 29.3 Å². The maximum absolute atomic E-state index is 8.98. The molecule has 0 aliphatic rings. The van der Waals surface area contributed by atoms with Gasteiger partial charge in [0, 0.05) is 12.6 Å². The molecule has 1 heterocycles. The third kappa shape index (κ3) is 3.09. The van der Waals surface area contributed by atoms with Crippen LogP contribution in [0, 0.1) is 11.3 Å². The average molecular weight is 240 g/mol. The number of hydrogen-bond acceptors (Lipinski definition) is 4. The number of anilines is 1. The van der Waals surface area contributed by atoms with Crippen LogP contribution in [0.5, 0.6) is 0 Å². The van der Waals surface area contributed by atoms with E-state index in [2.05, 4.69) is 4.98 Å². The highest BCUT2D eigenvalue weighted by atomic mass is 35.5. The van der Waals surface area contributed by atoms with E-state index in [9.17, 15) is 0 Å². The van der Waals surface area contributed by atoms with Crippen LogP contribution in [0.25, 0.3) is 0 Å². The number of nitriles is 1. The van der Waals surface area contributed by atoms with Crippen LogP contribution < -0.4 is 4.90 Å². The van der Waals surface area contributed by atoms with E-state index in [0.717, 1.165) is 0 Å².